The molecule has 2 rings (SSSR count). The lowest BCUT2D eigenvalue weighted by Crippen LogP contribution is -2.35. The number of nitro groups is 1. The summed E-state index contributed by atoms with van der Waals surface area (Å²) in [5, 5.41) is 14.6. The number of alkyl halides is 1. The first-order valence-corrected chi connectivity index (χ1v) is 7.18. The van der Waals surface area contributed by atoms with E-state index in [1.54, 1.807) is 10.9 Å². The first kappa shape index (κ1) is 14.9. The lowest BCUT2D eigenvalue weighted by Gasteiger charge is -2.30. The SMILES string of the molecule is O=[N+]([O-])c1ccn(C2CCN(CCCCCF)CC2)n1. The summed E-state index contributed by atoms with van der Waals surface area (Å²) in [7, 11) is 0. The molecular weight excluding hydrogens is 263 g/mol. The fraction of sp³-hybridized carbons (Fsp3) is 0.769. The van der Waals surface area contributed by atoms with Crippen molar-refractivity contribution in [3.8, 4) is 0 Å². The van der Waals surface area contributed by atoms with E-state index < -0.39 is 4.92 Å². The van der Waals surface area contributed by atoms with Crippen LogP contribution in [0, 0.1) is 10.1 Å². The first-order chi connectivity index (χ1) is 9.70. The van der Waals surface area contributed by atoms with Gasteiger partial charge in [0.05, 0.1) is 30.1 Å². The Morgan fingerprint density at radius 1 is 1.35 bits per heavy atom. The Balaban J connectivity index is 1.74. The van der Waals surface area contributed by atoms with Gasteiger partial charge in [0.15, 0.2) is 0 Å². The topological polar surface area (TPSA) is 64.2 Å². The van der Waals surface area contributed by atoms with E-state index in [1.165, 1.54) is 6.07 Å². The summed E-state index contributed by atoms with van der Waals surface area (Å²) in [5.41, 5.74) is 0. The molecule has 0 atom stereocenters. The van der Waals surface area contributed by atoms with E-state index in [0.717, 1.165) is 45.3 Å². The summed E-state index contributed by atoms with van der Waals surface area (Å²) in [4.78, 5) is 12.5. The fourth-order valence-corrected chi connectivity index (χ4v) is 2.64. The van der Waals surface area contributed by atoms with Gasteiger partial charge in [-0.3, -0.25) is 4.39 Å². The minimum Gasteiger partial charge on any atom is -0.358 e. The van der Waals surface area contributed by atoms with Crippen LogP contribution in [0.2, 0.25) is 0 Å². The van der Waals surface area contributed by atoms with Gasteiger partial charge in [-0.2, -0.15) is 4.68 Å². The molecule has 2 heterocycles. The Kier molecular flexibility index (Phi) is 5.46. The van der Waals surface area contributed by atoms with Crippen LogP contribution in [-0.2, 0) is 0 Å². The third kappa shape index (κ3) is 4.00. The van der Waals surface area contributed by atoms with Crippen molar-refractivity contribution in [1.82, 2.24) is 14.7 Å². The van der Waals surface area contributed by atoms with Gasteiger partial charge < -0.3 is 15.0 Å². The highest BCUT2D eigenvalue weighted by atomic mass is 19.1. The van der Waals surface area contributed by atoms with Gasteiger partial charge in [-0.15, -0.1) is 0 Å². The van der Waals surface area contributed by atoms with E-state index in [-0.39, 0.29) is 18.5 Å². The molecule has 0 aromatic carbocycles. The molecule has 1 aliphatic heterocycles. The zero-order chi connectivity index (χ0) is 14.4. The Morgan fingerprint density at radius 3 is 2.70 bits per heavy atom. The van der Waals surface area contributed by atoms with Gasteiger partial charge in [0.25, 0.3) is 0 Å². The van der Waals surface area contributed by atoms with Crippen molar-refractivity contribution in [2.75, 3.05) is 26.3 Å². The van der Waals surface area contributed by atoms with Crippen molar-refractivity contribution < 1.29 is 9.31 Å². The molecule has 0 N–H and O–H groups in total. The Bertz CT molecular complexity index is 430. The molecule has 1 aromatic heterocycles. The average molecular weight is 284 g/mol. The fourth-order valence-electron chi connectivity index (χ4n) is 2.64. The van der Waals surface area contributed by atoms with Gasteiger partial charge in [0.2, 0.25) is 0 Å². The molecule has 7 heteroatoms. The number of hydrogen-bond acceptors (Lipinski definition) is 4. The maximum atomic E-state index is 12.0. The van der Waals surface area contributed by atoms with Crippen molar-refractivity contribution in [2.45, 2.75) is 38.1 Å². The van der Waals surface area contributed by atoms with Crippen molar-refractivity contribution in [3.05, 3.63) is 22.4 Å². The van der Waals surface area contributed by atoms with Gasteiger partial charge in [-0.1, -0.05) is 0 Å². The van der Waals surface area contributed by atoms with E-state index in [1.807, 2.05) is 0 Å². The van der Waals surface area contributed by atoms with Crippen LogP contribution in [-0.4, -0.2) is 45.9 Å². The van der Waals surface area contributed by atoms with Gasteiger partial charge in [-0.25, -0.2) is 0 Å². The quantitative estimate of drug-likeness (QED) is 0.438. The third-order valence-electron chi connectivity index (χ3n) is 3.82. The van der Waals surface area contributed by atoms with E-state index in [0.29, 0.717) is 6.42 Å². The number of unbranched alkanes of at least 4 members (excludes halogenated alkanes) is 2. The molecular formula is C13H21FN4O2. The molecule has 112 valence electrons. The number of hydrogen-bond donors (Lipinski definition) is 0. The van der Waals surface area contributed by atoms with E-state index in [4.69, 9.17) is 0 Å². The predicted octanol–water partition coefficient (Wildman–Crippen LogP) is 2.57. The molecule has 0 aliphatic carbocycles. The molecule has 1 saturated heterocycles. The zero-order valence-corrected chi connectivity index (χ0v) is 11.6. The maximum absolute atomic E-state index is 12.0. The van der Waals surface area contributed by atoms with Crippen LogP contribution in [0.5, 0.6) is 0 Å². The Morgan fingerprint density at radius 2 is 2.10 bits per heavy atom. The molecule has 20 heavy (non-hydrogen) atoms. The second-order valence-electron chi connectivity index (χ2n) is 5.23. The van der Waals surface area contributed by atoms with Crippen molar-refractivity contribution in [1.29, 1.82) is 0 Å². The largest absolute Gasteiger partial charge is 0.389 e. The van der Waals surface area contributed by atoms with E-state index in [2.05, 4.69) is 10.00 Å². The van der Waals surface area contributed by atoms with Crippen LogP contribution < -0.4 is 0 Å². The summed E-state index contributed by atoms with van der Waals surface area (Å²) in [5.74, 6) is -0.0846. The smallest absolute Gasteiger partial charge is 0.358 e. The Labute approximate surface area is 117 Å². The van der Waals surface area contributed by atoms with Crippen molar-refractivity contribution in [2.24, 2.45) is 0 Å². The van der Waals surface area contributed by atoms with Crippen molar-refractivity contribution >= 4 is 5.82 Å². The van der Waals surface area contributed by atoms with Crippen LogP contribution in [0.4, 0.5) is 10.2 Å². The third-order valence-corrected chi connectivity index (χ3v) is 3.82. The van der Waals surface area contributed by atoms with Crippen LogP contribution >= 0.6 is 0 Å². The minimum absolute atomic E-state index is 0.0846. The minimum atomic E-state index is -0.462. The van der Waals surface area contributed by atoms with E-state index in [9.17, 15) is 14.5 Å². The van der Waals surface area contributed by atoms with Crippen LogP contribution in [0.15, 0.2) is 12.3 Å². The highest BCUT2D eigenvalue weighted by Gasteiger charge is 2.24. The molecule has 0 spiro atoms. The summed E-state index contributed by atoms with van der Waals surface area (Å²) >= 11 is 0. The zero-order valence-electron chi connectivity index (χ0n) is 11.6. The second-order valence-corrected chi connectivity index (χ2v) is 5.23. The highest BCUT2D eigenvalue weighted by Crippen LogP contribution is 2.23. The normalized spacial score (nSPS) is 17.4. The summed E-state index contributed by atoms with van der Waals surface area (Å²) < 4.78 is 13.7. The summed E-state index contributed by atoms with van der Waals surface area (Å²) in [6.07, 6.45) is 6.26. The van der Waals surface area contributed by atoms with E-state index >= 15 is 0 Å². The molecule has 1 fully saturated rings. The second kappa shape index (κ2) is 7.33. The summed E-state index contributed by atoms with van der Waals surface area (Å²) in [6.45, 7) is 2.76. The van der Waals surface area contributed by atoms with Gasteiger partial charge >= 0.3 is 5.82 Å². The average Bonchev–Trinajstić information content (AvgIpc) is 2.94. The molecule has 0 bridgehead atoms. The summed E-state index contributed by atoms with van der Waals surface area (Å²) in [6, 6.07) is 1.70. The van der Waals surface area contributed by atoms with Gasteiger partial charge in [-0.05, 0) is 43.6 Å². The molecule has 0 amide bonds. The number of aromatic nitrogens is 2. The maximum Gasteiger partial charge on any atom is 0.389 e. The molecule has 0 saturated carbocycles. The highest BCUT2D eigenvalue weighted by molar-refractivity contribution is 5.14. The molecule has 1 aliphatic rings. The lowest BCUT2D eigenvalue weighted by molar-refractivity contribution is -0.389. The molecule has 6 nitrogen and oxygen atoms in total. The lowest BCUT2D eigenvalue weighted by atomic mass is 10.0. The van der Waals surface area contributed by atoms with Crippen LogP contribution in [0.1, 0.15) is 38.1 Å². The molecule has 1 aromatic rings. The van der Waals surface area contributed by atoms with Crippen LogP contribution in [0.25, 0.3) is 0 Å². The van der Waals surface area contributed by atoms with Crippen LogP contribution in [0.3, 0.4) is 0 Å². The number of likely N-dealkylation sites (tertiary alicyclic amines) is 1. The predicted molar refractivity (Wildman–Crippen MR) is 73.4 cm³/mol. The number of halogens is 1. The Hall–Kier alpha value is -1.50. The van der Waals surface area contributed by atoms with Gasteiger partial charge in [0, 0.05) is 13.1 Å². The number of piperidine rings is 1. The van der Waals surface area contributed by atoms with Crippen molar-refractivity contribution in [3.63, 3.8) is 0 Å². The number of nitrogens with zero attached hydrogens (tertiary/aromatic N) is 4. The van der Waals surface area contributed by atoms with Gasteiger partial charge in [0.1, 0.15) is 0 Å². The number of rotatable bonds is 7. The standard InChI is InChI=1S/C13H21FN4O2/c14-7-2-1-3-8-16-9-4-12(5-10-16)17-11-6-13(15-17)18(19)20/h6,11-12H,1-5,7-10H2. The first-order valence-electron chi connectivity index (χ1n) is 7.18. The monoisotopic (exact) mass is 284 g/mol. The molecule has 0 unspecified atom stereocenters. The molecule has 0 radical (unpaired) electrons.